The second-order valence-corrected chi connectivity index (χ2v) is 6.31. The Bertz CT molecular complexity index is 374. The third-order valence-electron chi connectivity index (χ3n) is 4.73. The molecule has 3 N–H and O–H groups in total. The van der Waals surface area contributed by atoms with Crippen molar-refractivity contribution in [2.75, 3.05) is 13.7 Å². The summed E-state index contributed by atoms with van der Waals surface area (Å²) in [5.74, 6) is -0.503. The molecule has 2 fully saturated rings. The molecule has 0 radical (unpaired) electrons. The fraction of sp³-hybridized carbons (Fsp3) is 0.867. The van der Waals surface area contributed by atoms with Gasteiger partial charge in [0.2, 0.25) is 5.91 Å². The number of amides is 1. The molecule has 2 saturated heterocycles. The fourth-order valence-electron chi connectivity index (χ4n) is 3.83. The average molecular weight is 298 g/mol. The first-order valence-electron chi connectivity index (χ1n) is 7.81. The van der Waals surface area contributed by atoms with Crippen molar-refractivity contribution >= 4 is 11.9 Å². The van der Waals surface area contributed by atoms with E-state index in [9.17, 15) is 9.59 Å². The number of ether oxygens (including phenoxy) is 1. The zero-order chi connectivity index (χ0) is 15.4. The van der Waals surface area contributed by atoms with Crippen molar-refractivity contribution in [1.82, 2.24) is 4.90 Å². The van der Waals surface area contributed by atoms with E-state index in [4.69, 9.17) is 15.6 Å². The summed E-state index contributed by atoms with van der Waals surface area (Å²) < 4.78 is 4.99. The van der Waals surface area contributed by atoms with E-state index < -0.39 is 12.0 Å². The highest BCUT2D eigenvalue weighted by Crippen LogP contribution is 2.40. The highest BCUT2D eigenvalue weighted by molar-refractivity contribution is 5.82. The van der Waals surface area contributed by atoms with E-state index in [1.807, 2.05) is 4.90 Å². The van der Waals surface area contributed by atoms with E-state index in [1.54, 1.807) is 7.11 Å². The Morgan fingerprint density at radius 1 is 1.33 bits per heavy atom. The van der Waals surface area contributed by atoms with Crippen LogP contribution in [0.4, 0.5) is 0 Å². The predicted molar refractivity (Wildman–Crippen MR) is 77.7 cm³/mol. The first kappa shape index (κ1) is 16.2. The predicted octanol–water partition coefficient (Wildman–Crippen LogP) is 0.985. The van der Waals surface area contributed by atoms with E-state index in [1.165, 1.54) is 0 Å². The molecule has 2 aliphatic rings. The van der Waals surface area contributed by atoms with Crippen LogP contribution < -0.4 is 5.73 Å². The fourth-order valence-corrected chi connectivity index (χ4v) is 3.83. The van der Waals surface area contributed by atoms with Gasteiger partial charge in [0.25, 0.3) is 0 Å². The van der Waals surface area contributed by atoms with Gasteiger partial charge in [0.15, 0.2) is 0 Å². The lowest BCUT2D eigenvalue weighted by molar-refractivity contribution is -0.140. The van der Waals surface area contributed by atoms with E-state index in [2.05, 4.69) is 0 Å². The lowest BCUT2D eigenvalue weighted by atomic mass is 9.87. The standard InChI is InChI=1S/C15H26N2O4/c1-21-6-2-3-13(16)15(20)17-11-4-5-12(17)8-10(7-11)9-14(18)19/h10-13H,2-9,16H2,1H3,(H,18,19). The zero-order valence-electron chi connectivity index (χ0n) is 12.7. The molecule has 2 aliphatic heterocycles. The number of carboxylic acid groups (broad SMARTS) is 1. The van der Waals surface area contributed by atoms with Crippen molar-refractivity contribution in [1.29, 1.82) is 0 Å². The van der Waals surface area contributed by atoms with Crippen LogP contribution >= 0.6 is 0 Å². The molecule has 0 aromatic heterocycles. The highest BCUT2D eigenvalue weighted by Gasteiger charge is 2.44. The van der Waals surface area contributed by atoms with Gasteiger partial charge in [-0.25, -0.2) is 0 Å². The summed E-state index contributed by atoms with van der Waals surface area (Å²) >= 11 is 0. The molecule has 0 aromatic rings. The topological polar surface area (TPSA) is 92.9 Å². The van der Waals surface area contributed by atoms with Gasteiger partial charge in [-0.3, -0.25) is 9.59 Å². The normalized spacial score (nSPS) is 29.4. The third-order valence-corrected chi connectivity index (χ3v) is 4.73. The summed E-state index contributed by atoms with van der Waals surface area (Å²) in [4.78, 5) is 25.3. The smallest absolute Gasteiger partial charge is 0.303 e. The van der Waals surface area contributed by atoms with Crippen LogP contribution in [0.1, 0.15) is 44.9 Å². The number of hydrogen-bond acceptors (Lipinski definition) is 4. The molecular weight excluding hydrogens is 272 g/mol. The number of hydrogen-bond donors (Lipinski definition) is 2. The first-order valence-corrected chi connectivity index (χ1v) is 7.81. The summed E-state index contributed by atoms with van der Waals surface area (Å²) in [7, 11) is 1.64. The number of fused-ring (bicyclic) bond motifs is 2. The lowest BCUT2D eigenvalue weighted by Crippen LogP contribution is -2.52. The van der Waals surface area contributed by atoms with Crippen LogP contribution in [0.15, 0.2) is 0 Å². The van der Waals surface area contributed by atoms with Gasteiger partial charge in [0.1, 0.15) is 0 Å². The molecular formula is C15H26N2O4. The minimum Gasteiger partial charge on any atom is -0.481 e. The number of rotatable bonds is 7. The minimum absolute atomic E-state index is 0.0346. The largest absolute Gasteiger partial charge is 0.481 e. The third kappa shape index (κ3) is 3.95. The minimum atomic E-state index is -0.740. The van der Waals surface area contributed by atoms with Crippen LogP contribution in [0.2, 0.25) is 0 Å². The summed E-state index contributed by atoms with van der Waals surface area (Å²) in [6, 6.07) is -0.0811. The van der Waals surface area contributed by atoms with E-state index in [0.29, 0.717) is 13.0 Å². The Morgan fingerprint density at radius 3 is 2.48 bits per heavy atom. The molecule has 0 aromatic carbocycles. The van der Waals surface area contributed by atoms with E-state index >= 15 is 0 Å². The van der Waals surface area contributed by atoms with Crippen LogP contribution in [0.3, 0.4) is 0 Å². The van der Waals surface area contributed by atoms with Gasteiger partial charge in [0.05, 0.1) is 6.04 Å². The molecule has 2 rings (SSSR count). The van der Waals surface area contributed by atoms with Crippen molar-refractivity contribution < 1.29 is 19.4 Å². The second kappa shape index (κ2) is 7.22. The van der Waals surface area contributed by atoms with Gasteiger partial charge in [-0.15, -0.1) is 0 Å². The van der Waals surface area contributed by atoms with Gasteiger partial charge in [0, 0.05) is 32.2 Å². The molecule has 0 saturated carbocycles. The highest BCUT2D eigenvalue weighted by atomic mass is 16.5. The SMILES string of the molecule is COCCCC(N)C(=O)N1C2CCC1CC(CC(=O)O)C2. The summed E-state index contributed by atoms with van der Waals surface area (Å²) in [5, 5.41) is 8.93. The maximum Gasteiger partial charge on any atom is 0.303 e. The number of carbonyl (C=O) groups excluding carboxylic acids is 1. The Balaban J connectivity index is 1.90. The monoisotopic (exact) mass is 298 g/mol. The van der Waals surface area contributed by atoms with Crippen LogP contribution in [0.5, 0.6) is 0 Å². The maximum atomic E-state index is 12.5. The van der Waals surface area contributed by atoms with E-state index in [-0.39, 0.29) is 30.3 Å². The first-order chi connectivity index (χ1) is 10.0. The van der Waals surface area contributed by atoms with Crippen molar-refractivity contribution in [3.05, 3.63) is 0 Å². The van der Waals surface area contributed by atoms with Crippen LogP contribution in [0.25, 0.3) is 0 Å². The quantitative estimate of drug-likeness (QED) is 0.684. The maximum absolute atomic E-state index is 12.5. The molecule has 6 heteroatoms. The second-order valence-electron chi connectivity index (χ2n) is 6.31. The van der Waals surface area contributed by atoms with Crippen molar-refractivity contribution in [3.8, 4) is 0 Å². The molecule has 120 valence electrons. The molecule has 3 atom stereocenters. The Hall–Kier alpha value is -1.14. The molecule has 21 heavy (non-hydrogen) atoms. The van der Waals surface area contributed by atoms with E-state index in [0.717, 1.165) is 32.1 Å². The van der Waals surface area contributed by atoms with Gasteiger partial charge >= 0.3 is 5.97 Å². The van der Waals surface area contributed by atoms with Crippen LogP contribution in [-0.4, -0.2) is 53.7 Å². The van der Waals surface area contributed by atoms with Crippen molar-refractivity contribution in [2.45, 2.75) is 63.1 Å². The average Bonchev–Trinajstić information content (AvgIpc) is 2.69. The Kier molecular flexibility index (Phi) is 5.58. The molecule has 1 amide bonds. The number of nitrogens with zero attached hydrogens (tertiary/aromatic N) is 1. The number of carbonyl (C=O) groups is 2. The molecule has 2 heterocycles. The van der Waals surface area contributed by atoms with Crippen LogP contribution in [-0.2, 0) is 14.3 Å². The van der Waals surface area contributed by atoms with Crippen molar-refractivity contribution in [3.63, 3.8) is 0 Å². The zero-order valence-corrected chi connectivity index (χ0v) is 12.7. The Labute approximate surface area is 125 Å². The number of methoxy groups -OCH3 is 1. The molecule has 0 aliphatic carbocycles. The number of nitrogens with two attached hydrogens (primary N) is 1. The number of carboxylic acids is 1. The molecule has 6 nitrogen and oxygen atoms in total. The number of aliphatic carboxylic acids is 1. The van der Waals surface area contributed by atoms with Gasteiger partial charge in [-0.05, 0) is 44.4 Å². The lowest BCUT2D eigenvalue weighted by Gasteiger charge is -2.39. The van der Waals surface area contributed by atoms with Crippen LogP contribution in [0, 0.1) is 5.92 Å². The van der Waals surface area contributed by atoms with Gasteiger partial charge < -0.3 is 20.5 Å². The van der Waals surface area contributed by atoms with Gasteiger partial charge in [-0.1, -0.05) is 0 Å². The van der Waals surface area contributed by atoms with Gasteiger partial charge in [-0.2, -0.15) is 0 Å². The van der Waals surface area contributed by atoms with Crippen molar-refractivity contribution in [2.24, 2.45) is 11.7 Å². The molecule has 3 unspecified atom stereocenters. The Morgan fingerprint density at radius 2 is 1.95 bits per heavy atom. The summed E-state index contributed by atoms with van der Waals surface area (Å²) in [6.07, 6.45) is 5.22. The molecule has 0 spiro atoms. The number of piperidine rings is 1. The summed E-state index contributed by atoms with van der Waals surface area (Å²) in [5.41, 5.74) is 6.02. The summed E-state index contributed by atoms with van der Waals surface area (Å²) in [6.45, 7) is 0.620. The molecule has 2 bridgehead atoms.